The highest BCUT2D eigenvalue weighted by Crippen LogP contribution is 2.16. The minimum absolute atomic E-state index is 0.716. The van der Waals surface area contributed by atoms with Gasteiger partial charge in [-0.3, -0.25) is 0 Å². The van der Waals surface area contributed by atoms with Gasteiger partial charge in [0.15, 0.2) is 0 Å². The summed E-state index contributed by atoms with van der Waals surface area (Å²) in [5.41, 5.74) is 18.7. The van der Waals surface area contributed by atoms with Crippen LogP contribution in [0.4, 0.5) is 11.4 Å². The Morgan fingerprint density at radius 3 is 1.81 bits per heavy atom. The maximum absolute atomic E-state index is 5.67. The normalized spacial score (nSPS) is 10.4. The standard InChI is InChI=1S/C12H22N4/c13-7-1-9-16(10-2-8-14)12-5-3-11(15)4-6-12/h3-6H,1-2,7-10,13-15H2. The van der Waals surface area contributed by atoms with Crippen LogP contribution in [0.25, 0.3) is 0 Å². The van der Waals surface area contributed by atoms with Crippen molar-refractivity contribution in [1.29, 1.82) is 0 Å². The van der Waals surface area contributed by atoms with Crippen molar-refractivity contribution in [2.24, 2.45) is 11.5 Å². The zero-order chi connectivity index (χ0) is 11.8. The van der Waals surface area contributed by atoms with Crippen molar-refractivity contribution in [3.63, 3.8) is 0 Å². The number of hydrogen-bond donors (Lipinski definition) is 3. The highest BCUT2D eigenvalue weighted by molar-refractivity contribution is 5.53. The molecule has 6 N–H and O–H groups in total. The average molecular weight is 222 g/mol. The number of hydrogen-bond acceptors (Lipinski definition) is 4. The predicted octanol–water partition coefficient (Wildman–Crippen LogP) is 0.773. The van der Waals surface area contributed by atoms with Gasteiger partial charge in [-0.15, -0.1) is 0 Å². The maximum atomic E-state index is 5.67. The molecule has 0 amide bonds. The summed E-state index contributed by atoms with van der Waals surface area (Å²) < 4.78 is 0. The molecule has 90 valence electrons. The first-order chi connectivity index (χ1) is 7.77. The monoisotopic (exact) mass is 222 g/mol. The van der Waals surface area contributed by atoms with E-state index < -0.39 is 0 Å². The van der Waals surface area contributed by atoms with Gasteiger partial charge in [-0.25, -0.2) is 0 Å². The van der Waals surface area contributed by atoms with Gasteiger partial charge < -0.3 is 22.1 Å². The number of benzene rings is 1. The Hall–Kier alpha value is -1.26. The molecule has 0 aliphatic rings. The third kappa shape index (κ3) is 4.08. The summed E-state index contributed by atoms with van der Waals surface area (Å²) in [5, 5.41) is 0. The second kappa shape index (κ2) is 7.09. The van der Waals surface area contributed by atoms with Crippen molar-refractivity contribution in [1.82, 2.24) is 0 Å². The van der Waals surface area contributed by atoms with Gasteiger partial charge in [-0.1, -0.05) is 0 Å². The zero-order valence-electron chi connectivity index (χ0n) is 9.73. The van der Waals surface area contributed by atoms with Gasteiger partial charge in [0.1, 0.15) is 0 Å². The molecule has 0 atom stereocenters. The van der Waals surface area contributed by atoms with E-state index in [0.717, 1.165) is 31.6 Å². The number of nitrogens with zero attached hydrogens (tertiary/aromatic N) is 1. The molecule has 0 aliphatic heterocycles. The first-order valence-corrected chi connectivity index (χ1v) is 5.78. The quantitative estimate of drug-likeness (QED) is 0.595. The van der Waals surface area contributed by atoms with E-state index in [4.69, 9.17) is 17.2 Å². The highest BCUT2D eigenvalue weighted by Gasteiger charge is 2.04. The van der Waals surface area contributed by atoms with E-state index in [2.05, 4.69) is 4.90 Å². The summed E-state index contributed by atoms with van der Waals surface area (Å²) in [7, 11) is 0. The summed E-state index contributed by atoms with van der Waals surface area (Å²) in [6.45, 7) is 3.38. The largest absolute Gasteiger partial charge is 0.399 e. The molecule has 0 saturated heterocycles. The summed E-state index contributed by atoms with van der Waals surface area (Å²) in [4.78, 5) is 2.30. The number of rotatable bonds is 7. The molecule has 0 bridgehead atoms. The van der Waals surface area contributed by atoms with Crippen LogP contribution in [0.1, 0.15) is 12.8 Å². The summed E-state index contributed by atoms with van der Waals surface area (Å²) in [6.07, 6.45) is 1.99. The molecule has 4 heteroatoms. The molecule has 0 aliphatic carbocycles. The van der Waals surface area contributed by atoms with E-state index in [-0.39, 0.29) is 0 Å². The molecule has 0 radical (unpaired) electrons. The Morgan fingerprint density at radius 2 is 1.38 bits per heavy atom. The second-order valence-corrected chi connectivity index (χ2v) is 3.86. The fraction of sp³-hybridized carbons (Fsp3) is 0.500. The fourth-order valence-corrected chi connectivity index (χ4v) is 1.62. The minimum atomic E-state index is 0.716. The number of nitrogen functional groups attached to an aromatic ring is 1. The minimum Gasteiger partial charge on any atom is -0.399 e. The summed E-state index contributed by atoms with van der Waals surface area (Å²) in [6, 6.07) is 7.94. The molecular weight excluding hydrogens is 200 g/mol. The van der Waals surface area contributed by atoms with Crippen LogP contribution in [0.2, 0.25) is 0 Å². The Balaban J connectivity index is 2.62. The van der Waals surface area contributed by atoms with Crippen LogP contribution >= 0.6 is 0 Å². The van der Waals surface area contributed by atoms with E-state index in [1.807, 2.05) is 24.3 Å². The topological polar surface area (TPSA) is 81.3 Å². The Labute approximate surface area is 97.4 Å². The molecule has 0 heterocycles. The Bertz CT molecular complexity index is 276. The van der Waals surface area contributed by atoms with Crippen molar-refractivity contribution in [3.05, 3.63) is 24.3 Å². The summed E-state index contributed by atoms with van der Waals surface area (Å²) >= 11 is 0. The van der Waals surface area contributed by atoms with E-state index in [9.17, 15) is 0 Å². The molecule has 0 aromatic heterocycles. The van der Waals surface area contributed by atoms with Crippen molar-refractivity contribution in [3.8, 4) is 0 Å². The van der Waals surface area contributed by atoms with E-state index >= 15 is 0 Å². The van der Waals surface area contributed by atoms with E-state index in [1.165, 1.54) is 5.69 Å². The van der Waals surface area contributed by atoms with Crippen LogP contribution in [-0.4, -0.2) is 26.2 Å². The molecule has 1 aromatic carbocycles. The van der Waals surface area contributed by atoms with Crippen LogP contribution in [0.3, 0.4) is 0 Å². The van der Waals surface area contributed by atoms with E-state index in [0.29, 0.717) is 13.1 Å². The van der Waals surface area contributed by atoms with Crippen LogP contribution < -0.4 is 22.1 Å². The molecule has 16 heavy (non-hydrogen) atoms. The van der Waals surface area contributed by atoms with Crippen molar-refractivity contribution in [2.45, 2.75) is 12.8 Å². The van der Waals surface area contributed by atoms with Gasteiger partial charge in [0.25, 0.3) is 0 Å². The first kappa shape index (κ1) is 12.8. The second-order valence-electron chi connectivity index (χ2n) is 3.86. The highest BCUT2D eigenvalue weighted by atomic mass is 15.1. The lowest BCUT2D eigenvalue weighted by Gasteiger charge is -2.24. The fourth-order valence-electron chi connectivity index (χ4n) is 1.62. The first-order valence-electron chi connectivity index (χ1n) is 5.78. The predicted molar refractivity (Wildman–Crippen MR) is 70.4 cm³/mol. The van der Waals surface area contributed by atoms with Gasteiger partial charge in [-0.05, 0) is 50.2 Å². The third-order valence-corrected chi connectivity index (χ3v) is 2.52. The van der Waals surface area contributed by atoms with Crippen LogP contribution in [0, 0.1) is 0 Å². The van der Waals surface area contributed by atoms with Crippen molar-refractivity contribution in [2.75, 3.05) is 36.8 Å². The number of nitrogens with two attached hydrogens (primary N) is 3. The van der Waals surface area contributed by atoms with Gasteiger partial charge in [0.05, 0.1) is 0 Å². The van der Waals surface area contributed by atoms with Crippen molar-refractivity contribution < 1.29 is 0 Å². The Kier molecular flexibility index (Phi) is 5.67. The molecular formula is C12H22N4. The van der Waals surface area contributed by atoms with Gasteiger partial charge in [0.2, 0.25) is 0 Å². The van der Waals surface area contributed by atoms with Crippen LogP contribution in [0.15, 0.2) is 24.3 Å². The van der Waals surface area contributed by atoms with Gasteiger partial charge >= 0.3 is 0 Å². The van der Waals surface area contributed by atoms with E-state index in [1.54, 1.807) is 0 Å². The van der Waals surface area contributed by atoms with Crippen LogP contribution in [0.5, 0.6) is 0 Å². The molecule has 0 saturated carbocycles. The lowest BCUT2D eigenvalue weighted by molar-refractivity contribution is 0.702. The maximum Gasteiger partial charge on any atom is 0.0367 e. The lowest BCUT2D eigenvalue weighted by atomic mass is 10.2. The molecule has 1 rings (SSSR count). The molecule has 4 nitrogen and oxygen atoms in total. The SMILES string of the molecule is NCCCN(CCCN)c1ccc(N)cc1. The third-order valence-electron chi connectivity index (χ3n) is 2.52. The molecule has 1 aromatic rings. The number of anilines is 2. The average Bonchev–Trinajstić information content (AvgIpc) is 2.31. The molecule has 0 unspecified atom stereocenters. The van der Waals surface area contributed by atoms with Gasteiger partial charge in [0, 0.05) is 24.5 Å². The zero-order valence-corrected chi connectivity index (χ0v) is 9.73. The van der Waals surface area contributed by atoms with Crippen molar-refractivity contribution >= 4 is 11.4 Å². The summed E-state index contributed by atoms with van der Waals surface area (Å²) in [5.74, 6) is 0. The lowest BCUT2D eigenvalue weighted by Crippen LogP contribution is -2.28. The Morgan fingerprint density at radius 1 is 0.875 bits per heavy atom. The molecule has 0 fully saturated rings. The smallest absolute Gasteiger partial charge is 0.0367 e. The van der Waals surface area contributed by atoms with Gasteiger partial charge in [-0.2, -0.15) is 0 Å². The van der Waals surface area contributed by atoms with Crippen LogP contribution in [-0.2, 0) is 0 Å². The molecule has 0 spiro atoms.